The summed E-state index contributed by atoms with van der Waals surface area (Å²) >= 11 is 3.31. The Morgan fingerprint density at radius 2 is 1.92 bits per heavy atom. The second kappa shape index (κ2) is 7.53. The SMILES string of the molecule is CSc1nc(C)c(-c2nc3ccccc3s2)c(N[C@@H]2CCCC[C@@H]2C)n1. The molecule has 6 heteroatoms. The van der Waals surface area contributed by atoms with Gasteiger partial charge in [-0.05, 0) is 44.1 Å². The zero-order valence-electron chi connectivity index (χ0n) is 15.5. The fourth-order valence-corrected chi connectivity index (χ4v) is 5.16. The average molecular weight is 385 g/mol. The highest BCUT2D eigenvalue weighted by Gasteiger charge is 2.25. The zero-order chi connectivity index (χ0) is 18.1. The fraction of sp³-hybridized carbons (Fsp3) is 0.450. The number of hydrogen-bond donors (Lipinski definition) is 1. The number of thioether (sulfide) groups is 1. The molecular formula is C20H24N4S2. The molecule has 0 radical (unpaired) electrons. The first-order chi connectivity index (χ1) is 12.7. The molecule has 0 bridgehead atoms. The molecule has 2 heterocycles. The maximum Gasteiger partial charge on any atom is 0.189 e. The minimum absolute atomic E-state index is 0.473. The number of aryl methyl sites for hydroxylation is 1. The van der Waals surface area contributed by atoms with Crippen LogP contribution >= 0.6 is 23.1 Å². The molecule has 2 aromatic heterocycles. The van der Waals surface area contributed by atoms with Gasteiger partial charge >= 0.3 is 0 Å². The molecule has 3 aromatic rings. The Hall–Kier alpha value is -1.66. The van der Waals surface area contributed by atoms with Crippen LogP contribution in [0.1, 0.15) is 38.3 Å². The van der Waals surface area contributed by atoms with Crippen LogP contribution in [0.25, 0.3) is 20.8 Å². The number of rotatable bonds is 4. The minimum atomic E-state index is 0.473. The van der Waals surface area contributed by atoms with Crippen LogP contribution in [0.2, 0.25) is 0 Å². The first-order valence-corrected chi connectivity index (χ1v) is 11.2. The van der Waals surface area contributed by atoms with Crippen molar-refractivity contribution in [3.05, 3.63) is 30.0 Å². The molecule has 1 aliphatic rings. The number of nitrogens with one attached hydrogen (secondary N) is 1. The van der Waals surface area contributed by atoms with Crippen molar-refractivity contribution in [2.45, 2.75) is 50.7 Å². The third-order valence-electron chi connectivity index (χ3n) is 5.19. The van der Waals surface area contributed by atoms with Gasteiger partial charge in [-0.3, -0.25) is 0 Å². The molecule has 4 rings (SSSR count). The Kier molecular flexibility index (Phi) is 5.14. The van der Waals surface area contributed by atoms with Gasteiger partial charge in [0.05, 0.1) is 21.5 Å². The first-order valence-electron chi connectivity index (χ1n) is 9.21. The van der Waals surface area contributed by atoms with Gasteiger partial charge in [0.1, 0.15) is 10.8 Å². The number of anilines is 1. The molecule has 136 valence electrons. The summed E-state index contributed by atoms with van der Waals surface area (Å²) in [7, 11) is 0. The number of benzene rings is 1. The van der Waals surface area contributed by atoms with Crippen LogP contribution in [0.3, 0.4) is 0 Å². The lowest BCUT2D eigenvalue weighted by Crippen LogP contribution is -2.31. The Balaban J connectivity index is 1.79. The third-order valence-corrected chi connectivity index (χ3v) is 6.79. The van der Waals surface area contributed by atoms with E-state index in [9.17, 15) is 0 Å². The largest absolute Gasteiger partial charge is 0.366 e. The summed E-state index contributed by atoms with van der Waals surface area (Å²) in [4.78, 5) is 14.4. The summed E-state index contributed by atoms with van der Waals surface area (Å²) < 4.78 is 1.20. The van der Waals surface area contributed by atoms with Crippen molar-refractivity contribution in [1.29, 1.82) is 0 Å². The van der Waals surface area contributed by atoms with Gasteiger partial charge in [0.25, 0.3) is 0 Å². The molecule has 1 fully saturated rings. The molecule has 0 amide bonds. The topological polar surface area (TPSA) is 50.7 Å². The van der Waals surface area contributed by atoms with Crippen LogP contribution < -0.4 is 5.32 Å². The quantitative estimate of drug-likeness (QED) is 0.457. The van der Waals surface area contributed by atoms with E-state index in [1.54, 1.807) is 23.1 Å². The van der Waals surface area contributed by atoms with Gasteiger partial charge in [-0.1, -0.05) is 43.7 Å². The number of para-hydroxylation sites is 1. The highest BCUT2D eigenvalue weighted by molar-refractivity contribution is 7.98. The molecular weight excluding hydrogens is 360 g/mol. The molecule has 1 N–H and O–H groups in total. The number of aromatic nitrogens is 3. The van der Waals surface area contributed by atoms with Crippen molar-refractivity contribution in [3.8, 4) is 10.6 Å². The number of nitrogens with zero attached hydrogens (tertiary/aromatic N) is 3. The van der Waals surface area contributed by atoms with Gasteiger partial charge < -0.3 is 5.32 Å². The predicted molar refractivity (Wildman–Crippen MR) is 112 cm³/mol. The normalized spacial score (nSPS) is 20.4. The molecule has 1 aliphatic carbocycles. The van der Waals surface area contributed by atoms with E-state index in [2.05, 4.69) is 42.3 Å². The zero-order valence-corrected chi connectivity index (χ0v) is 17.1. The molecule has 0 spiro atoms. The van der Waals surface area contributed by atoms with Crippen LogP contribution in [-0.4, -0.2) is 27.2 Å². The van der Waals surface area contributed by atoms with Crippen LogP contribution in [-0.2, 0) is 0 Å². The highest BCUT2D eigenvalue weighted by atomic mass is 32.2. The second-order valence-electron chi connectivity index (χ2n) is 7.02. The minimum Gasteiger partial charge on any atom is -0.366 e. The van der Waals surface area contributed by atoms with Crippen molar-refractivity contribution in [1.82, 2.24) is 15.0 Å². The molecule has 0 aliphatic heterocycles. The summed E-state index contributed by atoms with van der Waals surface area (Å²) in [5.74, 6) is 1.61. The van der Waals surface area contributed by atoms with Gasteiger partial charge in [-0.2, -0.15) is 0 Å². The summed E-state index contributed by atoms with van der Waals surface area (Å²) in [5, 5.41) is 5.58. The van der Waals surface area contributed by atoms with Crippen molar-refractivity contribution < 1.29 is 0 Å². The average Bonchev–Trinajstić information content (AvgIpc) is 3.06. The molecule has 2 atom stereocenters. The maximum atomic E-state index is 4.86. The van der Waals surface area contributed by atoms with E-state index in [0.29, 0.717) is 12.0 Å². The molecule has 4 nitrogen and oxygen atoms in total. The second-order valence-corrected chi connectivity index (χ2v) is 8.82. The molecule has 0 unspecified atom stereocenters. The lowest BCUT2D eigenvalue weighted by atomic mass is 9.86. The van der Waals surface area contributed by atoms with Crippen molar-refractivity contribution >= 4 is 39.1 Å². The molecule has 1 aromatic carbocycles. The number of fused-ring (bicyclic) bond motifs is 1. The standard InChI is InChI=1S/C20H24N4S2/c1-12-8-4-5-9-14(12)22-18-17(13(2)21-20(24-18)25-3)19-23-15-10-6-7-11-16(15)26-19/h6-7,10-12,14H,4-5,8-9H2,1-3H3,(H,21,22,24)/t12-,14+/m0/s1. The molecule has 26 heavy (non-hydrogen) atoms. The Morgan fingerprint density at radius 3 is 2.69 bits per heavy atom. The van der Waals surface area contributed by atoms with Crippen molar-refractivity contribution in [3.63, 3.8) is 0 Å². The monoisotopic (exact) mass is 384 g/mol. The Morgan fingerprint density at radius 1 is 1.12 bits per heavy atom. The summed E-state index contributed by atoms with van der Waals surface area (Å²) in [6.45, 7) is 4.41. The Bertz CT molecular complexity index is 888. The van der Waals surface area contributed by atoms with E-state index in [1.807, 2.05) is 12.3 Å². The summed E-state index contributed by atoms with van der Waals surface area (Å²) in [6.07, 6.45) is 7.14. The van der Waals surface area contributed by atoms with Gasteiger partial charge in [0.2, 0.25) is 0 Å². The van der Waals surface area contributed by atoms with Crippen LogP contribution in [0.5, 0.6) is 0 Å². The lowest BCUT2D eigenvalue weighted by molar-refractivity contribution is 0.349. The fourth-order valence-electron chi connectivity index (χ4n) is 3.68. The third kappa shape index (κ3) is 3.45. The van der Waals surface area contributed by atoms with Gasteiger partial charge in [-0.15, -0.1) is 11.3 Å². The number of hydrogen-bond acceptors (Lipinski definition) is 6. The van der Waals surface area contributed by atoms with E-state index in [4.69, 9.17) is 9.97 Å². The van der Waals surface area contributed by atoms with E-state index in [1.165, 1.54) is 30.4 Å². The van der Waals surface area contributed by atoms with E-state index >= 15 is 0 Å². The van der Waals surface area contributed by atoms with E-state index in [-0.39, 0.29) is 0 Å². The van der Waals surface area contributed by atoms with Crippen LogP contribution in [0.15, 0.2) is 29.4 Å². The Labute approximate surface area is 162 Å². The summed E-state index contributed by atoms with van der Waals surface area (Å²) in [5.41, 5.74) is 3.09. The van der Waals surface area contributed by atoms with Crippen LogP contribution in [0.4, 0.5) is 5.82 Å². The van der Waals surface area contributed by atoms with E-state index < -0.39 is 0 Å². The van der Waals surface area contributed by atoms with Gasteiger partial charge in [-0.25, -0.2) is 15.0 Å². The smallest absolute Gasteiger partial charge is 0.189 e. The van der Waals surface area contributed by atoms with Crippen molar-refractivity contribution in [2.75, 3.05) is 11.6 Å². The highest BCUT2D eigenvalue weighted by Crippen LogP contribution is 2.37. The maximum absolute atomic E-state index is 4.86. The van der Waals surface area contributed by atoms with Gasteiger partial charge in [0.15, 0.2) is 5.16 Å². The predicted octanol–water partition coefficient (Wildman–Crippen LogP) is 5.77. The summed E-state index contributed by atoms with van der Waals surface area (Å²) in [6, 6.07) is 8.76. The lowest BCUT2D eigenvalue weighted by Gasteiger charge is -2.30. The van der Waals surface area contributed by atoms with Gasteiger partial charge in [0, 0.05) is 6.04 Å². The van der Waals surface area contributed by atoms with Crippen LogP contribution in [0, 0.1) is 12.8 Å². The molecule has 1 saturated carbocycles. The number of thiazole rings is 1. The van der Waals surface area contributed by atoms with E-state index in [0.717, 1.165) is 32.8 Å². The molecule has 0 saturated heterocycles. The van der Waals surface area contributed by atoms with Crippen molar-refractivity contribution in [2.24, 2.45) is 5.92 Å². The first kappa shape index (κ1) is 17.7.